The van der Waals surface area contributed by atoms with Gasteiger partial charge in [0.25, 0.3) is 0 Å². The van der Waals surface area contributed by atoms with Crippen molar-refractivity contribution in [1.82, 2.24) is 15.1 Å². The summed E-state index contributed by atoms with van der Waals surface area (Å²) >= 11 is 6.04. The van der Waals surface area contributed by atoms with Gasteiger partial charge in [-0.25, -0.2) is 0 Å². The van der Waals surface area contributed by atoms with Gasteiger partial charge in [0.1, 0.15) is 5.69 Å². The lowest BCUT2D eigenvalue weighted by Crippen LogP contribution is -2.17. The monoisotopic (exact) mass is 201 g/mol. The van der Waals surface area contributed by atoms with E-state index in [9.17, 15) is 0 Å². The number of aliphatic hydroxyl groups is 1. The summed E-state index contributed by atoms with van der Waals surface area (Å²) < 4.78 is 1.88. The zero-order valence-electron chi connectivity index (χ0n) is 7.26. The van der Waals surface area contributed by atoms with E-state index in [0.717, 1.165) is 31.7 Å². The van der Waals surface area contributed by atoms with Crippen molar-refractivity contribution in [2.24, 2.45) is 0 Å². The van der Waals surface area contributed by atoms with Crippen LogP contribution in [0.15, 0.2) is 0 Å². The maximum Gasteiger partial charge on any atom is 0.107 e. The van der Waals surface area contributed by atoms with Crippen molar-refractivity contribution in [1.29, 1.82) is 0 Å². The van der Waals surface area contributed by atoms with Crippen LogP contribution in [0.2, 0.25) is 5.02 Å². The van der Waals surface area contributed by atoms with E-state index in [1.54, 1.807) is 0 Å². The van der Waals surface area contributed by atoms with Crippen molar-refractivity contribution in [2.45, 2.75) is 19.6 Å². The fraction of sp³-hybridized carbons (Fsp3) is 0.625. The van der Waals surface area contributed by atoms with Crippen molar-refractivity contribution < 1.29 is 5.11 Å². The van der Waals surface area contributed by atoms with Gasteiger partial charge in [0, 0.05) is 19.5 Å². The van der Waals surface area contributed by atoms with Crippen LogP contribution in [0.5, 0.6) is 0 Å². The first kappa shape index (κ1) is 8.99. The molecule has 0 aliphatic carbocycles. The largest absolute Gasteiger partial charge is 0.390 e. The number of aromatic nitrogens is 2. The van der Waals surface area contributed by atoms with Crippen LogP contribution in [0.4, 0.5) is 0 Å². The van der Waals surface area contributed by atoms with Crippen molar-refractivity contribution in [3.8, 4) is 0 Å². The highest BCUT2D eigenvalue weighted by atomic mass is 35.5. The minimum atomic E-state index is -0.0771. The molecule has 0 saturated carbocycles. The molecule has 2 rings (SSSR count). The SMILES string of the molecule is OCc1nn2c(c1Cl)CCNCC2. The summed E-state index contributed by atoms with van der Waals surface area (Å²) in [5.74, 6) is 0. The molecule has 1 aromatic heterocycles. The Balaban J connectivity index is 2.38. The van der Waals surface area contributed by atoms with Crippen LogP contribution < -0.4 is 5.32 Å². The van der Waals surface area contributed by atoms with Crippen molar-refractivity contribution in [2.75, 3.05) is 13.1 Å². The first-order chi connectivity index (χ1) is 6.33. The van der Waals surface area contributed by atoms with Crippen LogP contribution >= 0.6 is 11.6 Å². The predicted octanol–water partition coefficient (Wildman–Crippen LogP) is 0.174. The van der Waals surface area contributed by atoms with Crippen molar-refractivity contribution in [3.05, 3.63) is 16.4 Å². The van der Waals surface area contributed by atoms with Gasteiger partial charge in [0.05, 0.1) is 23.9 Å². The molecule has 0 radical (unpaired) electrons. The number of nitrogens with zero attached hydrogens (tertiary/aromatic N) is 2. The van der Waals surface area contributed by atoms with Crippen LogP contribution in [-0.4, -0.2) is 28.0 Å². The molecule has 0 spiro atoms. The Labute approximate surface area is 81.5 Å². The summed E-state index contributed by atoms with van der Waals surface area (Å²) in [4.78, 5) is 0. The molecule has 2 N–H and O–H groups in total. The van der Waals surface area contributed by atoms with Crippen molar-refractivity contribution in [3.63, 3.8) is 0 Å². The molecule has 72 valence electrons. The van der Waals surface area contributed by atoms with Gasteiger partial charge >= 0.3 is 0 Å². The van der Waals surface area contributed by atoms with Gasteiger partial charge in [-0.3, -0.25) is 4.68 Å². The van der Waals surface area contributed by atoms with Crippen LogP contribution in [-0.2, 0) is 19.6 Å². The summed E-state index contributed by atoms with van der Waals surface area (Å²) in [6, 6.07) is 0. The molecule has 0 aromatic carbocycles. The van der Waals surface area contributed by atoms with Gasteiger partial charge in [-0.2, -0.15) is 5.10 Å². The predicted molar refractivity (Wildman–Crippen MR) is 49.7 cm³/mol. The standard InChI is InChI=1S/C8H12ClN3O/c9-8-6(5-13)11-12-4-3-10-2-1-7(8)12/h10,13H,1-5H2. The molecule has 0 saturated heterocycles. The molecule has 0 fully saturated rings. The Morgan fingerprint density at radius 3 is 3.15 bits per heavy atom. The molecule has 1 aliphatic heterocycles. The van der Waals surface area contributed by atoms with Crippen LogP contribution in [0.3, 0.4) is 0 Å². The van der Waals surface area contributed by atoms with E-state index < -0.39 is 0 Å². The number of rotatable bonds is 1. The molecule has 1 aromatic rings. The third-order valence-corrected chi connectivity index (χ3v) is 2.68. The van der Waals surface area contributed by atoms with E-state index in [-0.39, 0.29) is 6.61 Å². The van der Waals surface area contributed by atoms with Crippen LogP contribution in [0.1, 0.15) is 11.4 Å². The van der Waals surface area contributed by atoms with E-state index >= 15 is 0 Å². The molecule has 5 heteroatoms. The minimum Gasteiger partial charge on any atom is -0.390 e. The number of halogens is 1. The van der Waals surface area contributed by atoms with E-state index in [1.807, 2.05) is 4.68 Å². The molecule has 0 bridgehead atoms. The third kappa shape index (κ3) is 1.57. The van der Waals surface area contributed by atoms with E-state index in [1.165, 1.54) is 0 Å². The molecular formula is C8H12ClN3O. The zero-order valence-corrected chi connectivity index (χ0v) is 8.01. The smallest absolute Gasteiger partial charge is 0.107 e. The van der Waals surface area contributed by atoms with Gasteiger partial charge in [-0.05, 0) is 0 Å². The molecule has 0 unspecified atom stereocenters. The molecule has 2 heterocycles. The number of aliphatic hydroxyl groups excluding tert-OH is 1. The van der Waals surface area contributed by atoms with Gasteiger partial charge in [0.15, 0.2) is 0 Å². The Hall–Kier alpha value is -0.580. The first-order valence-corrected chi connectivity index (χ1v) is 4.76. The molecular weight excluding hydrogens is 190 g/mol. The summed E-state index contributed by atoms with van der Waals surface area (Å²) in [5, 5.41) is 17.1. The lowest BCUT2D eigenvalue weighted by molar-refractivity contribution is 0.275. The van der Waals surface area contributed by atoms with Gasteiger partial charge in [-0.1, -0.05) is 11.6 Å². The Morgan fingerprint density at radius 2 is 2.38 bits per heavy atom. The molecule has 0 amide bonds. The fourth-order valence-electron chi connectivity index (χ4n) is 1.57. The highest BCUT2D eigenvalue weighted by Gasteiger charge is 2.16. The molecule has 0 atom stereocenters. The summed E-state index contributed by atoms with van der Waals surface area (Å²) in [7, 11) is 0. The number of hydrogen-bond donors (Lipinski definition) is 2. The Kier molecular flexibility index (Phi) is 2.53. The molecule has 13 heavy (non-hydrogen) atoms. The summed E-state index contributed by atoms with van der Waals surface area (Å²) in [6.45, 7) is 2.59. The first-order valence-electron chi connectivity index (χ1n) is 4.38. The van der Waals surface area contributed by atoms with E-state index in [2.05, 4.69) is 10.4 Å². The van der Waals surface area contributed by atoms with Crippen LogP contribution in [0.25, 0.3) is 0 Å². The topological polar surface area (TPSA) is 50.1 Å². The highest BCUT2D eigenvalue weighted by Crippen LogP contribution is 2.21. The number of nitrogens with one attached hydrogen (secondary N) is 1. The third-order valence-electron chi connectivity index (χ3n) is 2.25. The van der Waals surface area contributed by atoms with Crippen molar-refractivity contribution >= 4 is 11.6 Å². The number of hydrogen-bond acceptors (Lipinski definition) is 3. The van der Waals surface area contributed by atoms with Gasteiger partial charge in [-0.15, -0.1) is 0 Å². The highest BCUT2D eigenvalue weighted by molar-refractivity contribution is 6.31. The van der Waals surface area contributed by atoms with E-state index in [0.29, 0.717) is 10.7 Å². The second-order valence-corrected chi connectivity index (χ2v) is 3.47. The van der Waals surface area contributed by atoms with Gasteiger partial charge < -0.3 is 10.4 Å². The maximum atomic E-state index is 8.96. The summed E-state index contributed by atoms with van der Waals surface area (Å²) in [6.07, 6.45) is 0.881. The van der Waals surface area contributed by atoms with Crippen LogP contribution in [0, 0.1) is 0 Å². The Bertz CT molecular complexity index is 311. The quantitative estimate of drug-likeness (QED) is 0.682. The average Bonchev–Trinajstić information content (AvgIpc) is 2.37. The second kappa shape index (κ2) is 3.65. The maximum absolute atomic E-state index is 8.96. The Morgan fingerprint density at radius 1 is 1.54 bits per heavy atom. The lowest BCUT2D eigenvalue weighted by Gasteiger charge is -1.99. The normalized spacial score (nSPS) is 16.8. The molecule has 4 nitrogen and oxygen atoms in total. The zero-order chi connectivity index (χ0) is 9.26. The second-order valence-electron chi connectivity index (χ2n) is 3.09. The number of fused-ring (bicyclic) bond motifs is 1. The van der Waals surface area contributed by atoms with E-state index in [4.69, 9.17) is 16.7 Å². The summed E-state index contributed by atoms with van der Waals surface area (Å²) in [5.41, 5.74) is 1.63. The fourth-order valence-corrected chi connectivity index (χ4v) is 1.86. The lowest BCUT2D eigenvalue weighted by atomic mass is 10.3. The average molecular weight is 202 g/mol. The minimum absolute atomic E-state index is 0.0771. The molecule has 1 aliphatic rings. The van der Waals surface area contributed by atoms with Gasteiger partial charge in [0.2, 0.25) is 0 Å².